The van der Waals surface area contributed by atoms with Crippen LogP contribution in [0, 0.1) is 6.92 Å². The number of carboxylic acid groups (broad SMARTS) is 1. The Labute approximate surface area is 103 Å². The van der Waals surface area contributed by atoms with Crippen LogP contribution in [0.15, 0.2) is 12.4 Å². The lowest BCUT2D eigenvalue weighted by atomic mass is 10.3. The predicted octanol–water partition coefficient (Wildman–Crippen LogP) is 2.59. The molecule has 5 nitrogen and oxygen atoms in total. The first-order chi connectivity index (χ1) is 7.99. The summed E-state index contributed by atoms with van der Waals surface area (Å²) in [5.74, 6) is -0.928. The first kappa shape index (κ1) is 11.8. The Morgan fingerprint density at radius 3 is 2.71 bits per heavy atom. The fourth-order valence-corrected chi connectivity index (χ4v) is 2.33. The Morgan fingerprint density at radius 2 is 2.24 bits per heavy atom. The molecule has 0 unspecified atom stereocenters. The van der Waals surface area contributed by atoms with E-state index < -0.39 is 5.97 Å². The normalized spacial score (nSPS) is 11.1. The third-order valence-corrected chi connectivity index (χ3v) is 3.56. The topological polar surface area (TPSA) is 68.0 Å². The van der Waals surface area contributed by atoms with Crippen molar-refractivity contribution in [2.24, 2.45) is 0 Å². The molecule has 0 saturated carbocycles. The molecule has 0 fully saturated rings. The van der Waals surface area contributed by atoms with Crippen molar-refractivity contribution in [3.63, 3.8) is 0 Å². The Morgan fingerprint density at radius 1 is 1.53 bits per heavy atom. The van der Waals surface area contributed by atoms with Gasteiger partial charge in [-0.05, 0) is 20.8 Å². The van der Waals surface area contributed by atoms with Gasteiger partial charge >= 0.3 is 5.97 Å². The van der Waals surface area contributed by atoms with Gasteiger partial charge in [-0.15, -0.1) is 11.3 Å². The Kier molecular flexibility index (Phi) is 2.97. The number of aromatic carboxylic acids is 1. The van der Waals surface area contributed by atoms with Crippen LogP contribution in [0.1, 0.15) is 35.3 Å². The van der Waals surface area contributed by atoms with Gasteiger partial charge in [-0.3, -0.25) is 4.68 Å². The van der Waals surface area contributed by atoms with E-state index in [-0.39, 0.29) is 10.9 Å². The fourth-order valence-electron chi connectivity index (χ4n) is 1.45. The van der Waals surface area contributed by atoms with Crippen molar-refractivity contribution < 1.29 is 9.90 Å². The van der Waals surface area contributed by atoms with Gasteiger partial charge < -0.3 is 5.11 Å². The molecule has 90 valence electrons. The van der Waals surface area contributed by atoms with Crippen LogP contribution in [0.4, 0.5) is 0 Å². The van der Waals surface area contributed by atoms with Crippen molar-refractivity contribution in [3.05, 3.63) is 23.0 Å². The van der Waals surface area contributed by atoms with E-state index in [1.54, 1.807) is 13.1 Å². The number of rotatable bonds is 3. The zero-order valence-corrected chi connectivity index (χ0v) is 10.7. The molecular formula is C11H13N3O2S. The molecule has 0 saturated heterocycles. The van der Waals surface area contributed by atoms with Crippen molar-refractivity contribution in [1.29, 1.82) is 0 Å². The van der Waals surface area contributed by atoms with Crippen LogP contribution in [-0.2, 0) is 0 Å². The van der Waals surface area contributed by atoms with Crippen LogP contribution < -0.4 is 0 Å². The summed E-state index contributed by atoms with van der Waals surface area (Å²) in [6.45, 7) is 5.77. The number of hydrogen-bond donors (Lipinski definition) is 1. The van der Waals surface area contributed by atoms with Gasteiger partial charge in [0.25, 0.3) is 0 Å². The van der Waals surface area contributed by atoms with Crippen LogP contribution in [0.25, 0.3) is 10.6 Å². The summed E-state index contributed by atoms with van der Waals surface area (Å²) in [5.41, 5.74) is 1.41. The molecule has 2 aromatic heterocycles. The summed E-state index contributed by atoms with van der Waals surface area (Å²) in [4.78, 5) is 15.5. The van der Waals surface area contributed by atoms with Crippen molar-refractivity contribution in [1.82, 2.24) is 14.8 Å². The maximum Gasteiger partial charge on any atom is 0.347 e. The maximum atomic E-state index is 10.9. The second kappa shape index (κ2) is 4.29. The number of carbonyl (C=O) groups is 1. The second-order valence-corrected chi connectivity index (χ2v) is 5.04. The smallest absolute Gasteiger partial charge is 0.347 e. The zero-order chi connectivity index (χ0) is 12.6. The number of carboxylic acids is 1. The predicted molar refractivity (Wildman–Crippen MR) is 65.4 cm³/mol. The molecule has 0 bridgehead atoms. The first-order valence-corrected chi connectivity index (χ1v) is 6.06. The minimum Gasteiger partial charge on any atom is -0.477 e. The average Bonchev–Trinajstić information content (AvgIpc) is 2.82. The molecule has 0 atom stereocenters. The molecule has 0 aliphatic heterocycles. The molecular weight excluding hydrogens is 238 g/mol. The van der Waals surface area contributed by atoms with Gasteiger partial charge in [0.05, 0.1) is 11.9 Å². The molecule has 0 spiro atoms. The summed E-state index contributed by atoms with van der Waals surface area (Å²) < 4.78 is 1.83. The monoisotopic (exact) mass is 251 g/mol. The summed E-state index contributed by atoms with van der Waals surface area (Å²) >= 11 is 1.18. The van der Waals surface area contributed by atoms with Crippen molar-refractivity contribution in [2.45, 2.75) is 26.8 Å². The number of hydrogen-bond acceptors (Lipinski definition) is 4. The highest BCUT2D eigenvalue weighted by atomic mass is 32.1. The Bertz CT molecular complexity index is 557. The lowest BCUT2D eigenvalue weighted by Crippen LogP contribution is -1.99. The quantitative estimate of drug-likeness (QED) is 0.910. The van der Waals surface area contributed by atoms with E-state index in [2.05, 4.69) is 10.1 Å². The Balaban J connectivity index is 2.39. The van der Waals surface area contributed by atoms with E-state index in [0.717, 1.165) is 5.56 Å². The van der Waals surface area contributed by atoms with E-state index in [1.165, 1.54) is 11.3 Å². The molecule has 0 aliphatic rings. The summed E-state index contributed by atoms with van der Waals surface area (Å²) in [7, 11) is 0. The molecule has 0 aliphatic carbocycles. The molecule has 1 N–H and O–H groups in total. The fraction of sp³-hybridized carbons (Fsp3) is 0.364. The lowest BCUT2D eigenvalue weighted by Gasteiger charge is -2.02. The average molecular weight is 251 g/mol. The van der Waals surface area contributed by atoms with Crippen molar-refractivity contribution in [2.75, 3.05) is 0 Å². The standard InChI is InChI=1S/C11H13N3O2S/c1-6(2)14-5-8(4-12-14)10-13-7(3)9(17-10)11(15)16/h4-6H,1-3H3,(H,15,16). The van der Waals surface area contributed by atoms with Gasteiger partial charge in [-0.2, -0.15) is 5.10 Å². The summed E-state index contributed by atoms with van der Waals surface area (Å²) in [5, 5.41) is 13.9. The molecule has 17 heavy (non-hydrogen) atoms. The van der Waals surface area contributed by atoms with Gasteiger partial charge in [0.15, 0.2) is 0 Å². The number of nitrogens with zero attached hydrogens (tertiary/aromatic N) is 3. The number of aromatic nitrogens is 3. The zero-order valence-electron chi connectivity index (χ0n) is 9.84. The highest BCUT2D eigenvalue weighted by Gasteiger charge is 2.16. The Hall–Kier alpha value is -1.69. The third-order valence-electron chi connectivity index (χ3n) is 2.37. The van der Waals surface area contributed by atoms with Crippen LogP contribution in [0.2, 0.25) is 0 Å². The molecule has 0 amide bonds. The van der Waals surface area contributed by atoms with Gasteiger partial charge in [0, 0.05) is 17.8 Å². The summed E-state index contributed by atoms with van der Waals surface area (Å²) in [6.07, 6.45) is 3.60. The molecule has 0 radical (unpaired) electrons. The van der Waals surface area contributed by atoms with E-state index >= 15 is 0 Å². The van der Waals surface area contributed by atoms with E-state index in [0.29, 0.717) is 10.7 Å². The minimum atomic E-state index is -0.928. The molecule has 2 aromatic rings. The van der Waals surface area contributed by atoms with Crippen LogP contribution in [0.3, 0.4) is 0 Å². The van der Waals surface area contributed by atoms with Crippen LogP contribution in [-0.4, -0.2) is 25.8 Å². The van der Waals surface area contributed by atoms with Crippen molar-refractivity contribution in [3.8, 4) is 10.6 Å². The van der Waals surface area contributed by atoms with E-state index in [1.807, 2.05) is 24.7 Å². The van der Waals surface area contributed by atoms with Crippen LogP contribution in [0.5, 0.6) is 0 Å². The molecule has 0 aromatic carbocycles. The largest absolute Gasteiger partial charge is 0.477 e. The van der Waals surface area contributed by atoms with Crippen LogP contribution >= 0.6 is 11.3 Å². The van der Waals surface area contributed by atoms with Gasteiger partial charge in [-0.1, -0.05) is 0 Å². The van der Waals surface area contributed by atoms with E-state index in [9.17, 15) is 4.79 Å². The highest BCUT2D eigenvalue weighted by Crippen LogP contribution is 2.27. The summed E-state index contributed by atoms with van der Waals surface area (Å²) in [6, 6.07) is 0.281. The number of thiazole rings is 1. The maximum absolute atomic E-state index is 10.9. The van der Waals surface area contributed by atoms with Gasteiger partial charge in [0.1, 0.15) is 9.88 Å². The third kappa shape index (κ3) is 2.21. The molecule has 2 heterocycles. The minimum absolute atomic E-state index is 0.281. The van der Waals surface area contributed by atoms with E-state index in [4.69, 9.17) is 5.11 Å². The first-order valence-electron chi connectivity index (χ1n) is 5.24. The van der Waals surface area contributed by atoms with Gasteiger partial charge in [0.2, 0.25) is 0 Å². The lowest BCUT2D eigenvalue weighted by molar-refractivity contribution is 0.0701. The van der Waals surface area contributed by atoms with Crippen molar-refractivity contribution >= 4 is 17.3 Å². The second-order valence-electron chi connectivity index (χ2n) is 4.04. The molecule has 2 rings (SSSR count). The highest BCUT2D eigenvalue weighted by molar-refractivity contribution is 7.17. The van der Waals surface area contributed by atoms with Gasteiger partial charge in [-0.25, -0.2) is 9.78 Å². The molecule has 6 heteroatoms. The number of aryl methyl sites for hydroxylation is 1. The SMILES string of the molecule is Cc1nc(-c2cnn(C(C)C)c2)sc1C(=O)O.